The molecule has 1 aromatic carbocycles. The van der Waals surface area contributed by atoms with Gasteiger partial charge < -0.3 is 0 Å². The van der Waals surface area contributed by atoms with Gasteiger partial charge in [-0.2, -0.15) is 4.83 Å². The van der Waals surface area contributed by atoms with Crippen molar-refractivity contribution in [2.24, 2.45) is 0 Å². The van der Waals surface area contributed by atoms with Gasteiger partial charge in [-0.25, -0.2) is 8.42 Å². The Hall–Kier alpha value is -0.0200. The summed E-state index contributed by atoms with van der Waals surface area (Å²) in [5.41, 5.74) is 0.460. The molecule has 1 aromatic rings. The molecule has 0 atom stereocenters. The van der Waals surface area contributed by atoms with Crippen molar-refractivity contribution in [3.63, 3.8) is 0 Å². The summed E-state index contributed by atoms with van der Waals surface area (Å²) in [7, 11) is -3.79. The summed E-state index contributed by atoms with van der Waals surface area (Å²) in [4.78, 5) is 2.74. The monoisotopic (exact) mass is 407 g/mol. The summed E-state index contributed by atoms with van der Waals surface area (Å²) < 4.78 is 25.4. The third kappa shape index (κ3) is 4.04. The lowest BCUT2D eigenvalue weighted by atomic mass is 10.2. The Balaban J connectivity index is 2.25. The molecule has 2 N–H and O–H groups in total. The lowest BCUT2D eigenvalue weighted by Gasteiger charge is -2.22. The zero-order chi connectivity index (χ0) is 15.8. The Kier molecular flexibility index (Phi) is 5.15. The van der Waals surface area contributed by atoms with E-state index in [-0.39, 0.29) is 9.92 Å². The van der Waals surface area contributed by atoms with Crippen molar-refractivity contribution in [2.45, 2.75) is 15.7 Å². The van der Waals surface area contributed by atoms with Crippen LogP contribution in [-0.2, 0) is 10.0 Å². The number of benzene rings is 1. The van der Waals surface area contributed by atoms with Crippen LogP contribution in [0.4, 0.5) is 0 Å². The van der Waals surface area contributed by atoms with E-state index in [2.05, 4.69) is 9.55 Å². The molecule has 0 bridgehead atoms. The minimum absolute atomic E-state index is 0.0869. The molecule has 0 saturated carbocycles. The Morgan fingerprint density at radius 1 is 1.33 bits per heavy atom. The van der Waals surface area contributed by atoms with Gasteiger partial charge in [0.15, 0.2) is 0 Å². The molecular weight excluding hydrogens is 400 g/mol. The largest absolute Gasteiger partial charge is 0.281 e. The molecule has 21 heavy (non-hydrogen) atoms. The van der Waals surface area contributed by atoms with E-state index in [9.17, 15) is 8.42 Å². The predicted octanol–water partition coefficient (Wildman–Crippen LogP) is 3.52. The highest BCUT2D eigenvalue weighted by molar-refractivity contribution is 8.02. The molecule has 1 aliphatic rings. The first-order valence-electron chi connectivity index (χ1n) is 5.39. The van der Waals surface area contributed by atoms with Crippen molar-refractivity contribution in [1.29, 1.82) is 0 Å². The molecule has 2 rings (SSSR count). The lowest BCUT2D eigenvalue weighted by molar-refractivity contribution is 0.365. The maximum atomic E-state index is 12.3. The number of halogens is 4. The fourth-order valence-electron chi connectivity index (χ4n) is 1.51. The summed E-state index contributed by atoms with van der Waals surface area (Å²) in [6.45, 7) is 1.62. The normalized spacial score (nSPS) is 16.0. The molecule has 0 radical (unpaired) electrons. The molecule has 0 amide bonds. The SMILES string of the molecule is Cc1c(Cl)cccc1S(=O)(=O)NC1=CN(C(Cl)(Cl)Cl)NS1. The quantitative estimate of drug-likeness (QED) is 0.455. The van der Waals surface area contributed by atoms with Crippen molar-refractivity contribution >= 4 is 68.4 Å². The predicted molar refractivity (Wildman–Crippen MR) is 87.4 cm³/mol. The van der Waals surface area contributed by atoms with E-state index in [1.165, 1.54) is 12.3 Å². The molecule has 0 aromatic heterocycles. The second-order valence-electron chi connectivity index (χ2n) is 3.99. The third-order valence-electron chi connectivity index (χ3n) is 2.52. The first kappa shape index (κ1) is 17.3. The van der Waals surface area contributed by atoms with E-state index in [4.69, 9.17) is 46.4 Å². The van der Waals surface area contributed by atoms with Crippen molar-refractivity contribution in [3.05, 3.63) is 40.0 Å². The number of hydrazine groups is 1. The molecule has 5 nitrogen and oxygen atoms in total. The summed E-state index contributed by atoms with van der Waals surface area (Å²) >= 11 is 23.9. The number of hydrogen-bond acceptors (Lipinski definition) is 5. The first-order valence-corrected chi connectivity index (χ1v) is 9.21. The Bertz CT molecular complexity index is 688. The van der Waals surface area contributed by atoms with Gasteiger partial charge in [0.1, 0.15) is 5.03 Å². The summed E-state index contributed by atoms with van der Waals surface area (Å²) in [6, 6.07) is 4.64. The van der Waals surface area contributed by atoms with Crippen LogP contribution in [0.15, 0.2) is 34.3 Å². The highest BCUT2D eigenvalue weighted by atomic mass is 35.6. The average molecular weight is 409 g/mol. The standard InChI is InChI=1S/C10H9Cl4N3O2S2/c1-6-7(11)3-2-4-8(6)21(18,19)15-9-5-17(16-20-9)10(12,13)14/h2-5,15-16H,1H3. The van der Waals surface area contributed by atoms with Crippen LogP contribution >= 0.6 is 58.4 Å². The Labute approximate surface area is 146 Å². The molecule has 0 unspecified atom stereocenters. The maximum Gasteiger partial charge on any atom is 0.281 e. The van der Waals surface area contributed by atoms with Crippen LogP contribution in [0.2, 0.25) is 5.02 Å². The van der Waals surface area contributed by atoms with Crippen LogP contribution in [0, 0.1) is 6.92 Å². The van der Waals surface area contributed by atoms with Crippen molar-refractivity contribution in [2.75, 3.05) is 0 Å². The van der Waals surface area contributed by atoms with Crippen molar-refractivity contribution in [1.82, 2.24) is 14.6 Å². The zero-order valence-electron chi connectivity index (χ0n) is 10.4. The van der Waals surface area contributed by atoms with E-state index in [0.717, 1.165) is 17.0 Å². The topological polar surface area (TPSA) is 61.4 Å². The minimum atomic E-state index is -3.79. The van der Waals surface area contributed by atoms with Gasteiger partial charge in [0.2, 0.25) is 0 Å². The Morgan fingerprint density at radius 3 is 2.57 bits per heavy atom. The summed E-state index contributed by atoms with van der Waals surface area (Å²) in [5.74, 6) is 0. The molecule has 0 saturated heterocycles. The van der Waals surface area contributed by atoms with E-state index < -0.39 is 13.9 Å². The molecule has 0 aliphatic carbocycles. The van der Waals surface area contributed by atoms with E-state index in [0.29, 0.717) is 10.6 Å². The minimum Gasteiger partial charge on any atom is -0.271 e. The van der Waals surface area contributed by atoms with Crippen LogP contribution in [0.3, 0.4) is 0 Å². The molecule has 1 heterocycles. The van der Waals surface area contributed by atoms with Gasteiger partial charge >= 0.3 is 0 Å². The number of hydrogen-bond donors (Lipinski definition) is 2. The van der Waals surface area contributed by atoms with Crippen LogP contribution in [0.25, 0.3) is 0 Å². The van der Waals surface area contributed by atoms with Gasteiger partial charge in [0.05, 0.1) is 11.1 Å². The number of rotatable bonds is 3. The first-order chi connectivity index (χ1) is 9.61. The second-order valence-corrected chi connectivity index (χ2v) is 9.10. The van der Waals surface area contributed by atoms with Gasteiger partial charge in [-0.3, -0.25) is 9.73 Å². The van der Waals surface area contributed by atoms with Gasteiger partial charge in [0, 0.05) is 5.02 Å². The smallest absolute Gasteiger partial charge is 0.271 e. The lowest BCUT2D eigenvalue weighted by Crippen LogP contribution is -2.35. The van der Waals surface area contributed by atoms with E-state index in [1.54, 1.807) is 19.1 Å². The van der Waals surface area contributed by atoms with Crippen LogP contribution in [0.5, 0.6) is 0 Å². The molecular formula is C10H9Cl4N3O2S2. The molecule has 1 aliphatic heterocycles. The van der Waals surface area contributed by atoms with Crippen molar-refractivity contribution < 1.29 is 8.42 Å². The average Bonchev–Trinajstić information content (AvgIpc) is 2.80. The van der Waals surface area contributed by atoms with Crippen LogP contribution in [-0.4, -0.2) is 17.3 Å². The molecule has 11 heteroatoms. The van der Waals surface area contributed by atoms with Crippen LogP contribution < -0.4 is 9.55 Å². The fourth-order valence-corrected chi connectivity index (χ4v) is 4.40. The van der Waals surface area contributed by atoms with Gasteiger partial charge in [-0.1, -0.05) is 52.5 Å². The fraction of sp³-hybridized carbons (Fsp3) is 0.200. The Morgan fingerprint density at radius 2 is 2.00 bits per heavy atom. The molecule has 0 fully saturated rings. The number of sulfonamides is 1. The van der Waals surface area contributed by atoms with E-state index in [1.807, 2.05) is 0 Å². The van der Waals surface area contributed by atoms with Gasteiger partial charge in [-0.05, 0) is 36.6 Å². The number of alkyl halides is 3. The summed E-state index contributed by atoms with van der Waals surface area (Å²) in [6.07, 6.45) is 1.34. The second kappa shape index (κ2) is 6.23. The van der Waals surface area contributed by atoms with Crippen molar-refractivity contribution in [3.8, 4) is 0 Å². The number of nitrogens with one attached hydrogen (secondary N) is 2. The zero-order valence-corrected chi connectivity index (χ0v) is 15.1. The molecule has 0 spiro atoms. The molecule has 116 valence electrons. The maximum absolute atomic E-state index is 12.3. The van der Waals surface area contributed by atoms with Gasteiger partial charge in [0.25, 0.3) is 13.9 Å². The van der Waals surface area contributed by atoms with Crippen LogP contribution in [0.1, 0.15) is 5.56 Å². The number of nitrogens with zero attached hydrogens (tertiary/aromatic N) is 1. The van der Waals surface area contributed by atoms with Gasteiger partial charge in [-0.15, -0.1) is 0 Å². The van der Waals surface area contributed by atoms with E-state index >= 15 is 0 Å². The highest BCUT2D eigenvalue weighted by Crippen LogP contribution is 2.35. The third-order valence-corrected chi connectivity index (χ3v) is 5.83. The summed E-state index contributed by atoms with van der Waals surface area (Å²) in [5, 5.41) is 1.78. The highest BCUT2D eigenvalue weighted by Gasteiger charge is 2.32.